The Hall–Kier alpha value is -0.650. The Morgan fingerprint density at radius 3 is 2.83 bits per heavy atom. The number of hydrogen-bond donors (Lipinski definition) is 2. The largest absolute Gasteiger partial charge is 0.396 e. The van der Waals surface area contributed by atoms with Gasteiger partial charge in [0.05, 0.1) is 0 Å². The van der Waals surface area contributed by atoms with E-state index >= 15 is 0 Å². The fourth-order valence-corrected chi connectivity index (χ4v) is 2.38. The van der Waals surface area contributed by atoms with E-state index < -0.39 is 11.6 Å². The van der Waals surface area contributed by atoms with Crippen molar-refractivity contribution in [2.45, 2.75) is 19.4 Å². The van der Waals surface area contributed by atoms with Crippen LogP contribution in [-0.2, 0) is 0 Å². The number of benzene rings is 1. The van der Waals surface area contributed by atoms with Gasteiger partial charge < -0.3 is 10.4 Å². The van der Waals surface area contributed by atoms with Crippen LogP contribution in [0, 0.1) is 11.6 Å². The number of thioether (sulfide) groups is 1. The van der Waals surface area contributed by atoms with Crippen LogP contribution < -0.4 is 5.32 Å². The maximum absolute atomic E-state index is 13.5. The summed E-state index contributed by atoms with van der Waals surface area (Å²) < 4.78 is 26.5. The smallest absolute Gasteiger partial charge is 0.163 e. The standard InChI is InChI=1S/C13H19F2NOS/c1-10(16-6-9-18-8-3-7-17)11-4-2-5-12(14)13(11)15/h2,4-5,10,16-17H,3,6-9H2,1H3. The number of halogens is 2. The normalized spacial score (nSPS) is 12.7. The van der Waals surface area contributed by atoms with Crippen molar-refractivity contribution in [3.05, 3.63) is 35.4 Å². The molecule has 18 heavy (non-hydrogen) atoms. The van der Waals surface area contributed by atoms with Crippen LogP contribution in [0.5, 0.6) is 0 Å². The van der Waals surface area contributed by atoms with Gasteiger partial charge in [-0.25, -0.2) is 8.78 Å². The van der Waals surface area contributed by atoms with E-state index in [1.54, 1.807) is 17.8 Å². The number of rotatable bonds is 8. The van der Waals surface area contributed by atoms with Crippen LogP contribution in [0.1, 0.15) is 24.9 Å². The molecule has 0 fully saturated rings. The highest BCUT2D eigenvalue weighted by atomic mass is 32.2. The topological polar surface area (TPSA) is 32.3 Å². The summed E-state index contributed by atoms with van der Waals surface area (Å²) >= 11 is 1.73. The third-order valence-electron chi connectivity index (χ3n) is 2.59. The molecule has 0 aliphatic rings. The highest BCUT2D eigenvalue weighted by Crippen LogP contribution is 2.18. The van der Waals surface area contributed by atoms with Gasteiger partial charge >= 0.3 is 0 Å². The van der Waals surface area contributed by atoms with Crippen molar-refractivity contribution >= 4 is 11.8 Å². The molecule has 0 spiro atoms. The van der Waals surface area contributed by atoms with E-state index in [1.165, 1.54) is 6.07 Å². The Bertz CT molecular complexity index is 363. The first-order valence-electron chi connectivity index (χ1n) is 6.02. The first-order valence-corrected chi connectivity index (χ1v) is 7.18. The van der Waals surface area contributed by atoms with Crippen molar-refractivity contribution < 1.29 is 13.9 Å². The van der Waals surface area contributed by atoms with E-state index in [-0.39, 0.29) is 12.6 Å². The summed E-state index contributed by atoms with van der Waals surface area (Å²) in [4.78, 5) is 0. The molecule has 1 aromatic carbocycles. The molecule has 5 heteroatoms. The second kappa shape index (κ2) is 8.45. The number of aliphatic hydroxyl groups excluding tert-OH is 1. The minimum atomic E-state index is -0.807. The second-order valence-electron chi connectivity index (χ2n) is 4.01. The predicted molar refractivity (Wildman–Crippen MR) is 71.8 cm³/mol. The fourth-order valence-electron chi connectivity index (χ4n) is 1.58. The van der Waals surface area contributed by atoms with Crippen molar-refractivity contribution in [2.75, 3.05) is 24.7 Å². The van der Waals surface area contributed by atoms with Crippen molar-refractivity contribution in [2.24, 2.45) is 0 Å². The Labute approximate surface area is 111 Å². The summed E-state index contributed by atoms with van der Waals surface area (Å²) in [6, 6.07) is 4.02. The molecule has 1 unspecified atom stereocenters. The van der Waals surface area contributed by atoms with E-state index in [1.807, 2.05) is 6.92 Å². The highest BCUT2D eigenvalue weighted by Gasteiger charge is 2.13. The highest BCUT2D eigenvalue weighted by molar-refractivity contribution is 7.99. The Balaban J connectivity index is 2.32. The molecule has 0 heterocycles. The molecule has 1 rings (SSSR count). The molecule has 2 nitrogen and oxygen atoms in total. The van der Waals surface area contributed by atoms with Crippen molar-refractivity contribution in [3.8, 4) is 0 Å². The quantitative estimate of drug-likeness (QED) is 0.716. The van der Waals surface area contributed by atoms with Crippen LogP contribution in [0.15, 0.2) is 18.2 Å². The average Bonchev–Trinajstić information content (AvgIpc) is 2.36. The number of aliphatic hydroxyl groups is 1. The minimum Gasteiger partial charge on any atom is -0.396 e. The molecule has 1 aromatic rings. The number of hydrogen-bond acceptors (Lipinski definition) is 3. The lowest BCUT2D eigenvalue weighted by Crippen LogP contribution is -2.22. The van der Waals surface area contributed by atoms with E-state index in [4.69, 9.17) is 5.11 Å². The second-order valence-corrected chi connectivity index (χ2v) is 5.23. The summed E-state index contributed by atoms with van der Waals surface area (Å²) in [5.41, 5.74) is 0.357. The van der Waals surface area contributed by atoms with Crippen LogP contribution >= 0.6 is 11.8 Å². The van der Waals surface area contributed by atoms with Gasteiger partial charge in [-0.2, -0.15) is 11.8 Å². The average molecular weight is 275 g/mol. The molecular formula is C13H19F2NOS. The summed E-state index contributed by atoms with van der Waals surface area (Å²) in [6.45, 7) is 2.76. The summed E-state index contributed by atoms with van der Waals surface area (Å²) in [5.74, 6) is 0.228. The monoisotopic (exact) mass is 275 g/mol. The SMILES string of the molecule is CC(NCCSCCCO)c1cccc(F)c1F. The molecule has 0 bridgehead atoms. The van der Waals surface area contributed by atoms with Crippen LogP contribution in [0.2, 0.25) is 0 Å². The molecule has 0 aliphatic heterocycles. The first kappa shape index (κ1) is 15.4. The molecule has 0 saturated carbocycles. The van der Waals surface area contributed by atoms with Crippen molar-refractivity contribution in [3.63, 3.8) is 0 Å². The minimum absolute atomic E-state index is 0.209. The van der Waals surface area contributed by atoms with Gasteiger partial charge in [0.1, 0.15) is 0 Å². The molecule has 0 aliphatic carbocycles. The van der Waals surface area contributed by atoms with Gasteiger partial charge in [0.25, 0.3) is 0 Å². The molecule has 102 valence electrons. The molecule has 0 saturated heterocycles. The van der Waals surface area contributed by atoms with E-state index in [0.717, 1.165) is 30.5 Å². The molecule has 0 radical (unpaired) electrons. The van der Waals surface area contributed by atoms with Gasteiger partial charge in [0, 0.05) is 30.5 Å². The zero-order chi connectivity index (χ0) is 13.4. The van der Waals surface area contributed by atoms with Gasteiger partial charge in [-0.05, 0) is 25.2 Å². The molecular weight excluding hydrogens is 256 g/mol. The van der Waals surface area contributed by atoms with Crippen LogP contribution in [0.4, 0.5) is 8.78 Å². The van der Waals surface area contributed by atoms with Crippen LogP contribution in [0.25, 0.3) is 0 Å². The van der Waals surface area contributed by atoms with Gasteiger partial charge in [-0.15, -0.1) is 0 Å². The first-order chi connectivity index (χ1) is 8.66. The Morgan fingerprint density at radius 2 is 2.11 bits per heavy atom. The maximum Gasteiger partial charge on any atom is 0.163 e. The molecule has 0 aromatic heterocycles. The summed E-state index contributed by atoms with van der Waals surface area (Å²) in [6.07, 6.45) is 0.790. The summed E-state index contributed by atoms with van der Waals surface area (Å²) in [7, 11) is 0. The lowest BCUT2D eigenvalue weighted by atomic mass is 10.1. The Kier molecular flexibility index (Phi) is 7.23. The van der Waals surface area contributed by atoms with Crippen molar-refractivity contribution in [1.29, 1.82) is 0 Å². The molecule has 0 amide bonds. The van der Waals surface area contributed by atoms with Gasteiger partial charge in [0.15, 0.2) is 11.6 Å². The predicted octanol–water partition coefficient (Wildman–Crippen LogP) is 2.73. The van der Waals surface area contributed by atoms with Crippen molar-refractivity contribution in [1.82, 2.24) is 5.32 Å². The van der Waals surface area contributed by atoms with Crippen LogP contribution in [-0.4, -0.2) is 29.8 Å². The Morgan fingerprint density at radius 1 is 1.33 bits per heavy atom. The molecule has 2 N–H and O–H groups in total. The fraction of sp³-hybridized carbons (Fsp3) is 0.538. The third-order valence-corrected chi connectivity index (χ3v) is 3.66. The van der Waals surface area contributed by atoms with E-state index in [2.05, 4.69) is 5.32 Å². The van der Waals surface area contributed by atoms with E-state index in [0.29, 0.717) is 5.56 Å². The lowest BCUT2D eigenvalue weighted by Gasteiger charge is -2.15. The van der Waals surface area contributed by atoms with Gasteiger partial charge in [-0.1, -0.05) is 12.1 Å². The van der Waals surface area contributed by atoms with Crippen LogP contribution in [0.3, 0.4) is 0 Å². The lowest BCUT2D eigenvalue weighted by molar-refractivity contribution is 0.296. The van der Waals surface area contributed by atoms with E-state index in [9.17, 15) is 8.78 Å². The summed E-state index contributed by atoms with van der Waals surface area (Å²) in [5, 5.41) is 11.8. The maximum atomic E-state index is 13.5. The number of nitrogens with one attached hydrogen (secondary N) is 1. The van der Waals surface area contributed by atoms with Gasteiger partial charge in [0.2, 0.25) is 0 Å². The zero-order valence-electron chi connectivity index (χ0n) is 10.5. The molecule has 1 atom stereocenters. The third kappa shape index (κ3) is 4.92. The van der Waals surface area contributed by atoms with Gasteiger partial charge in [-0.3, -0.25) is 0 Å². The zero-order valence-corrected chi connectivity index (χ0v) is 11.3.